The molecule has 0 saturated carbocycles. The smallest absolute Gasteiger partial charge is 0.224 e. The minimum atomic E-state index is -0.561. The molecule has 0 saturated heterocycles. The lowest BCUT2D eigenvalue weighted by Gasteiger charge is -2.19. The number of carbonyl (C=O) groups is 1. The maximum Gasteiger partial charge on any atom is 0.224 e. The molecule has 0 heterocycles. The highest BCUT2D eigenvalue weighted by Crippen LogP contribution is 2.16. The van der Waals surface area contributed by atoms with E-state index in [4.69, 9.17) is 4.74 Å². The normalized spacial score (nSPS) is 13.6. The Kier molecular flexibility index (Phi) is 7.04. The molecule has 1 amide bonds. The third-order valence-corrected chi connectivity index (χ3v) is 2.98. The second-order valence-electron chi connectivity index (χ2n) is 4.65. The molecule has 1 aromatic rings. The first-order valence-electron chi connectivity index (χ1n) is 7.01. The van der Waals surface area contributed by atoms with Crippen molar-refractivity contribution in [2.24, 2.45) is 0 Å². The van der Waals surface area contributed by atoms with Crippen LogP contribution in [-0.4, -0.2) is 36.3 Å². The molecule has 0 aliphatic carbocycles. The zero-order valence-electron chi connectivity index (χ0n) is 12.3. The Balaban J connectivity index is 2.43. The average molecular weight is 280 g/mol. The Morgan fingerprint density at radius 1 is 1.30 bits per heavy atom. The van der Waals surface area contributed by atoms with Crippen LogP contribution in [0.1, 0.15) is 27.2 Å². The first-order valence-corrected chi connectivity index (χ1v) is 7.01. The van der Waals surface area contributed by atoms with Crippen molar-refractivity contribution in [1.82, 2.24) is 5.32 Å². The van der Waals surface area contributed by atoms with E-state index in [0.717, 1.165) is 12.2 Å². The molecule has 3 N–H and O–H groups in total. The lowest BCUT2D eigenvalue weighted by Crippen LogP contribution is -2.40. The van der Waals surface area contributed by atoms with Gasteiger partial charge < -0.3 is 20.5 Å². The first kappa shape index (κ1) is 16.5. The Morgan fingerprint density at radius 2 is 1.95 bits per heavy atom. The highest BCUT2D eigenvalue weighted by Gasteiger charge is 2.13. The molecule has 0 aliphatic rings. The van der Waals surface area contributed by atoms with E-state index in [9.17, 15) is 9.90 Å². The number of benzene rings is 1. The molecule has 5 heteroatoms. The highest BCUT2D eigenvalue weighted by molar-refractivity contribution is 5.90. The number of hydrogen-bond acceptors (Lipinski definition) is 4. The quantitative estimate of drug-likeness (QED) is 0.679. The summed E-state index contributed by atoms with van der Waals surface area (Å²) in [6.45, 7) is 6.76. The second kappa shape index (κ2) is 8.55. The number of aliphatic hydroxyl groups excluding tert-OH is 1. The van der Waals surface area contributed by atoms with Crippen LogP contribution in [0.25, 0.3) is 0 Å². The van der Waals surface area contributed by atoms with E-state index < -0.39 is 6.10 Å². The van der Waals surface area contributed by atoms with Gasteiger partial charge in [-0.25, -0.2) is 0 Å². The first-order chi connectivity index (χ1) is 9.56. The number of rotatable bonds is 8. The van der Waals surface area contributed by atoms with Gasteiger partial charge in [0.1, 0.15) is 18.5 Å². The van der Waals surface area contributed by atoms with Crippen LogP contribution in [0.2, 0.25) is 0 Å². The van der Waals surface area contributed by atoms with Crippen molar-refractivity contribution in [3.63, 3.8) is 0 Å². The molecule has 20 heavy (non-hydrogen) atoms. The number of carbonyl (C=O) groups excluding carboxylic acids is 1. The molecule has 1 aromatic carbocycles. The monoisotopic (exact) mass is 280 g/mol. The summed E-state index contributed by atoms with van der Waals surface area (Å²) >= 11 is 0. The number of hydrogen-bond donors (Lipinski definition) is 3. The van der Waals surface area contributed by atoms with Crippen molar-refractivity contribution < 1.29 is 14.6 Å². The number of nitrogens with one attached hydrogen (secondary N) is 2. The summed E-state index contributed by atoms with van der Waals surface area (Å²) in [6, 6.07) is 7.10. The fourth-order valence-electron chi connectivity index (χ4n) is 1.67. The van der Waals surface area contributed by atoms with E-state index in [1.807, 2.05) is 13.8 Å². The van der Waals surface area contributed by atoms with Crippen molar-refractivity contribution in [3.05, 3.63) is 24.3 Å². The van der Waals surface area contributed by atoms with Crippen LogP contribution in [0.3, 0.4) is 0 Å². The van der Waals surface area contributed by atoms with Crippen LogP contribution >= 0.6 is 0 Å². The fraction of sp³-hybridized carbons (Fsp3) is 0.533. The molecule has 0 spiro atoms. The van der Waals surface area contributed by atoms with Crippen LogP contribution in [0.4, 0.5) is 5.69 Å². The average Bonchev–Trinajstić information content (AvgIpc) is 2.46. The van der Waals surface area contributed by atoms with Crippen LogP contribution in [0.5, 0.6) is 5.75 Å². The highest BCUT2D eigenvalue weighted by atomic mass is 16.5. The number of ether oxygens (including phenoxy) is 1. The van der Waals surface area contributed by atoms with Gasteiger partial charge in [0.05, 0.1) is 0 Å². The van der Waals surface area contributed by atoms with Gasteiger partial charge in [-0.05, 0) is 37.7 Å². The zero-order chi connectivity index (χ0) is 15.0. The maximum atomic E-state index is 11.2. The lowest BCUT2D eigenvalue weighted by molar-refractivity contribution is -0.115. The Morgan fingerprint density at radius 3 is 2.50 bits per heavy atom. The third-order valence-electron chi connectivity index (χ3n) is 2.98. The number of amides is 1. The van der Waals surface area contributed by atoms with E-state index >= 15 is 0 Å². The van der Waals surface area contributed by atoms with Gasteiger partial charge in [-0.2, -0.15) is 0 Å². The molecule has 2 atom stereocenters. The van der Waals surface area contributed by atoms with Crippen LogP contribution in [0.15, 0.2) is 24.3 Å². The van der Waals surface area contributed by atoms with Gasteiger partial charge in [0.2, 0.25) is 5.91 Å². The van der Waals surface area contributed by atoms with Crippen molar-refractivity contribution in [2.75, 3.05) is 18.5 Å². The van der Waals surface area contributed by atoms with Gasteiger partial charge in [0.25, 0.3) is 0 Å². The van der Waals surface area contributed by atoms with Gasteiger partial charge in [-0.3, -0.25) is 4.79 Å². The standard InChI is InChI=1S/C15H24N2O3/c1-4-15(19)17-12-6-8-13(9-7-12)20-10-14(18)11(3)16-5-2/h6-9,11,14,16,18H,4-5,10H2,1-3H3,(H,17,19). The van der Waals surface area contributed by atoms with Gasteiger partial charge >= 0.3 is 0 Å². The topological polar surface area (TPSA) is 70.6 Å². The van der Waals surface area contributed by atoms with Gasteiger partial charge in [-0.1, -0.05) is 13.8 Å². The molecule has 0 aromatic heterocycles. The van der Waals surface area contributed by atoms with E-state index in [0.29, 0.717) is 12.2 Å². The predicted octanol–water partition coefficient (Wildman–Crippen LogP) is 1.77. The van der Waals surface area contributed by atoms with Crippen molar-refractivity contribution >= 4 is 11.6 Å². The predicted molar refractivity (Wildman–Crippen MR) is 80.0 cm³/mol. The molecule has 0 fully saturated rings. The molecule has 0 aliphatic heterocycles. The number of anilines is 1. The second-order valence-corrected chi connectivity index (χ2v) is 4.65. The molecular weight excluding hydrogens is 256 g/mol. The zero-order valence-corrected chi connectivity index (χ0v) is 12.3. The summed E-state index contributed by atoms with van der Waals surface area (Å²) < 4.78 is 5.52. The third kappa shape index (κ3) is 5.59. The van der Waals surface area contributed by atoms with Crippen molar-refractivity contribution in [1.29, 1.82) is 0 Å². The Hall–Kier alpha value is -1.59. The van der Waals surface area contributed by atoms with Crippen LogP contribution in [0, 0.1) is 0 Å². The molecule has 0 radical (unpaired) electrons. The minimum Gasteiger partial charge on any atom is -0.491 e. The van der Waals surface area contributed by atoms with Crippen molar-refractivity contribution in [2.45, 2.75) is 39.3 Å². The molecule has 2 unspecified atom stereocenters. The van der Waals surface area contributed by atoms with E-state index in [1.165, 1.54) is 0 Å². The lowest BCUT2D eigenvalue weighted by atomic mass is 10.2. The largest absolute Gasteiger partial charge is 0.491 e. The summed E-state index contributed by atoms with van der Waals surface area (Å²) in [5.41, 5.74) is 0.741. The summed E-state index contributed by atoms with van der Waals surface area (Å²) in [5.74, 6) is 0.649. The van der Waals surface area contributed by atoms with Gasteiger partial charge in [0.15, 0.2) is 0 Å². The number of aliphatic hydroxyl groups is 1. The maximum absolute atomic E-state index is 11.2. The van der Waals surface area contributed by atoms with Crippen LogP contribution in [-0.2, 0) is 4.79 Å². The summed E-state index contributed by atoms with van der Waals surface area (Å²) in [6.07, 6.45) is -0.110. The molecular formula is C15H24N2O3. The molecule has 1 rings (SSSR count). The Bertz CT molecular complexity index is 406. The molecule has 5 nitrogen and oxygen atoms in total. The number of likely N-dealkylation sites (N-methyl/N-ethyl adjacent to an activating group) is 1. The van der Waals surface area contributed by atoms with Crippen LogP contribution < -0.4 is 15.4 Å². The van der Waals surface area contributed by atoms with E-state index in [1.54, 1.807) is 31.2 Å². The van der Waals surface area contributed by atoms with Gasteiger partial charge in [-0.15, -0.1) is 0 Å². The SMILES string of the molecule is CCNC(C)C(O)COc1ccc(NC(=O)CC)cc1. The van der Waals surface area contributed by atoms with Gasteiger partial charge in [0, 0.05) is 18.2 Å². The molecule has 0 bridgehead atoms. The summed E-state index contributed by atoms with van der Waals surface area (Å²) in [7, 11) is 0. The minimum absolute atomic E-state index is 0.0110. The van der Waals surface area contributed by atoms with Crippen molar-refractivity contribution in [3.8, 4) is 5.75 Å². The summed E-state index contributed by atoms with van der Waals surface area (Å²) in [5, 5.41) is 15.8. The molecule has 112 valence electrons. The van der Waals surface area contributed by atoms with E-state index in [-0.39, 0.29) is 18.6 Å². The fourth-order valence-corrected chi connectivity index (χ4v) is 1.67. The van der Waals surface area contributed by atoms with E-state index in [2.05, 4.69) is 10.6 Å². The summed E-state index contributed by atoms with van der Waals surface area (Å²) in [4.78, 5) is 11.2. The Labute approximate surface area is 120 Å².